The van der Waals surface area contributed by atoms with Crippen LogP contribution in [0.2, 0.25) is 0 Å². The van der Waals surface area contributed by atoms with Crippen LogP contribution in [0.3, 0.4) is 0 Å². The van der Waals surface area contributed by atoms with Gasteiger partial charge in [-0.05, 0) is 28.1 Å². The van der Waals surface area contributed by atoms with Gasteiger partial charge in [0, 0.05) is 30.3 Å². The number of hydrogen-bond donors (Lipinski definition) is 1. The van der Waals surface area contributed by atoms with Crippen molar-refractivity contribution < 1.29 is 0 Å². The van der Waals surface area contributed by atoms with Gasteiger partial charge in [0.05, 0.1) is 0 Å². The summed E-state index contributed by atoms with van der Waals surface area (Å²) in [5, 5.41) is 3.01. The Morgan fingerprint density at radius 1 is 1.50 bits per heavy atom. The van der Waals surface area contributed by atoms with Crippen molar-refractivity contribution in [3.05, 3.63) is 45.2 Å². The highest BCUT2D eigenvalue weighted by molar-refractivity contribution is 9.10. The third kappa shape index (κ3) is 2.76. The van der Waals surface area contributed by atoms with Crippen LogP contribution in [0, 0.1) is 0 Å². The SMILES string of the molecule is CCc1nccc(Nc2cc(Br)cn(C)c2=O)n1. The number of nitrogens with zero attached hydrogens (tertiary/aromatic N) is 3. The molecule has 0 aromatic carbocycles. The average molecular weight is 309 g/mol. The maximum atomic E-state index is 11.9. The third-order valence-electron chi connectivity index (χ3n) is 2.43. The highest BCUT2D eigenvalue weighted by Crippen LogP contribution is 2.15. The largest absolute Gasteiger partial charge is 0.336 e. The fraction of sp³-hybridized carbons (Fsp3) is 0.250. The predicted octanol–water partition coefficient (Wildman–Crippen LogP) is 2.24. The summed E-state index contributed by atoms with van der Waals surface area (Å²) in [4.78, 5) is 20.3. The van der Waals surface area contributed by atoms with Gasteiger partial charge in [0.1, 0.15) is 17.3 Å². The van der Waals surface area contributed by atoms with Gasteiger partial charge in [0.15, 0.2) is 0 Å². The molecule has 0 aliphatic rings. The number of pyridine rings is 1. The van der Waals surface area contributed by atoms with Gasteiger partial charge in [-0.3, -0.25) is 4.79 Å². The van der Waals surface area contributed by atoms with Crippen molar-refractivity contribution >= 4 is 27.4 Å². The van der Waals surface area contributed by atoms with E-state index in [-0.39, 0.29) is 5.56 Å². The van der Waals surface area contributed by atoms with Crippen molar-refractivity contribution in [2.75, 3.05) is 5.32 Å². The Kier molecular flexibility index (Phi) is 3.76. The molecule has 0 amide bonds. The molecule has 0 spiro atoms. The van der Waals surface area contributed by atoms with Gasteiger partial charge in [-0.1, -0.05) is 6.92 Å². The van der Waals surface area contributed by atoms with Crippen LogP contribution < -0.4 is 10.9 Å². The van der Waals surface area contributed by atoms with E-state index in [2.05, 4.69) is 31.2 Å². The zero-order chi connectivity index (χ0) is 13.1. The Hall–Kier alpha value is -1.69. The summed E-state index contributed by atoms with van der Waals surface area (Å²) in [7, 11) is 1.70. The summed E-state index contributed by atoms with van der Waals surface area (Å²) < 4.78 is 2.34. The van der Waals surface area contributed by atoms with Crippen molar-refractivity contribution in [1.82, 2.24) is 14.5 Å². The van der Waals surface area contributed by atoms with E-state index in [0.29, 0.717) is 11.5 Å². The summed E-state index contributed by atoms with van der Waals surface area (Å²) in [6, 6.07) is 3.47. The highest BCUT2D eigenvalue weighted by atomic mass is 79.9. The lowest BCUT2D eigenvalue weighted by atomic mass is 10.4. The van der Waals surface area contributed by atoms with E-state index in [0.717, 1.165) is 16.7 Å². The van der Waals surface area contributed by atoms with Crippen LogP contribution in [0.5, 0.6) is 0 Å². The minimum atomic E-state index is -0.102. The monoisotopic (exact) mass is 308 g/mol. The molecule has 0 atom stereocenters. The second-order valence-electron chi connectivity index (χ2n) is 3.82. The van der Waals surface area contributed by atoms with Crippen LogP contribution in [0.15, 0.2) is 33.8 Å². The zero-order valence-electron chi connectivity index (χ0n) is 10.1. The van der Waals surface area contributed by atoms with E-state index in [9.17, 15) is 4.79 Å². The summed E-state index contributed by atoms with van der Waals surface area (Å²) in [5.41, 5.74) is 0.377. The lowest BCUT2D eigenvalue weighted by Gasteiger charge is -2.08. The number of halogens is 1. The zero-order valence-corrected chi connectivity index (χ0v) is 11.7. The van der Waals surface area contributed by atoms with Crippen molar-refractivity contribution in [2.45, 2.75) is 13.3 Å². The van der Waals surface area contributed by atoms with Gasteiger partial charge in [-0.15, -0.1) is 0 Å². The lowest BCUT2D eigenvalue weighted by molar-refractivity contribution is 0.857. The van der Waals surface area contributed by atoms with Crippen LogP contribution in [-0.2, 0) is 13.5 Å². The lowest BCUT2D eigenvalue weighted by Crippen LogP contribution is -2.19. The first-order chi connectivity index (χ1) is 8.60. The van der Waals surface area contributed by atoms with Gasteiger partial charge in [0.25, 0.3) is 5.56 Å². The summed E-state index contributed by atoms with van der Waals surface area (Å²) in [6.07, 6.45) is 4.15. The van der Waals surface area contributed by atoms with E-state index < -0.39 is 0 Å². The molecule has 2 heterocycles. The van der Waals surface area contributed by atoms with E-state index in [1.54, 1.807) is 31.6 Å². The molecular formula is C12H13BrN4O. The van der Waals surface area contributed by atoms with E-state index >= 15 is 0 Å². The number of hydrogen-bond acceptors (Lipinski definition) is 4. The smallest absolute Gasteiger partial charge is 0.274 e. The van der Waals surface area contributed by atoms with E-state index in [1.807, 2.05) is 6.92 Å². The fourth-order valence-corrected chi connectivity index (χ4v) is 2.07. The summed E-state index contributed by atoms with van der Waals surface area (Å²) >= 11 is 3.36. The Morgan fingerprint density at radius 2 is 2.28 bits per heavy atom. The Labute approximate surface area is 113 Å². The minimum Gasteiger partial charge on any atom is -0.336 e. The van der Waals surface area contributed by atoms with Gasteiger partial charge in [0.2, 0.25) is 0 Å². The van der Waals surface area contributed by atoms with Gasteiger partial charge in [-0.2, -0.15) is 0 Å². The van der Waals surface area contributed by atoms with Crippen LogP contribution in [0.25, 0.3) is 0 Å². The number of anilines is 2. The first-order valence-electron chi connectivity index (χ1n) is 5.55. The molecule has 0 saturated carbocycles. The van der Waals surface area contributed by atoms with Crippen LogP contribution in [0.1, 0.15) is 12.7 Å². The van der Waals surface area contributed by atoms with Crippen molar-refractivity contribution in [3.8, 4) is 0 Å². The Balaban J connectivity index is 2.36. The average Bonchev–Trinajstić information content (AvgIpc) is 2.35. The molecule has 0 aliphatic heterocycles. The van der Waals surface area contributed by atoms with Crippen molar-refractivity contribution in [1.29, 1.82) is 0 Å². The van der Waals surface area contributed by atoms with Gasteiger partial charge >= 0.3 is 0 Å². The molecule has 2 rings (SSSR count). The number of nitrogens with one attached hydrogen (secondary N) is 1. The molecule has 94 valence electrons. The van der Waals surface area contributed by atoms with Crippen LogP contribution in [-0.4, -0.2) is 14.5 Å². The molecule has 0 radical (unpaired) electrons. The molecule has 0 fully saturated rings. The molecular weight excluding hydrogens is 296 g/mol. The molecule has 0 bridgehead atoms. The maximum absolute atomic E-state index is 11.9. The molecule has 2 aromatic rings. The molecule has 0 saturated heterocycles. The normalized spacial score (nSPS) is 10.4. The first-order valence-corrected chi connectivity index (χ1v) is 6.34. The predicted molar refractivity (Wildman–Crippen MR) is 74.1 cm³/mol. The fourth-order valence-electron chi connectivity index (χ4n) is 1.54. The molecule has 6 heteroatoms. The maximum Gasteiger partial charge on any atom is 0.274 e. The third-order valence-corrected chi connectivity index (χ3v) is 2.87. The number of aryl methyl sites for hydroxylation is 2. The first kappa shape index (κ1) is 12.8. The van der Waals surface area contributed by atoms with Crippen molar-refractivity contribution in [3.63, 3.8) is 0 Å². The van der Waals surface area contributed by atoms with E-state index in [4.69, 9.17) is 0 Å². The van der Waals surface area contributed by atoms with Crippen LogP contribution >= 0.6 is 15.9 Å². The van der Waals surface area contributed by atoms with E-state index in [1.165, 1.54) is 4.57 Å². The number of aromatic nitrogens is 3. The summed E-state index contributed by atoms with van der Waals surface area (Å²) in [5.74, 6) is 1.36. The van der Waals surface area contributed by atoms with Crippen LogP contribution in [0.4, 0.5) is 11.5 Å². The summed E-state index contributed by atoms with van der Waals surface area (Å²) in [6.45, 7) is 1.98. The highest BCUT2D eigenvalue weighted by Gasteiger charge is 2.05. The molecule has 1 N–H and O–H groups in total. The molecule has 0 aliphatic carbocycles. The minimum absolute atomic E-state index is 0.102. The standard InChI is InChI=1S/C12H13BrN4O/c1-3-10-14-5-4-11(16-10)15-9-6-8(13)7-17(2)12(9)18/h4-7H,3H2,1-2H3,(H,14,15,16). The second kappa shape index (κ2) is 5.30. The molecule has 5 nitrogen and oxygen atoms in total. The topological polar surface area (TPSA) is 59.8 Å². The molecule has 0 unspecified atom stereocenters. The van der Waals surface area contributed by atoms with Gasteiger partial charge in [-0.25, -0.2) is 9.97 Å². The quantitative estimate of drug-likeness (QED) is 0.944. The second-order valence-corrected chi connectivity index (χ2v) is 4.74. The number of rotatable bonds is 3. The Bertz CT molecular complexity index is 624. The Morgan fingerprint density at radius 3 is 3.00 bits per heavy atom. The molecule has 2 aromatic heterocycles. The van der Waals surface area contributed by atoms with Crippen molar-refractivity contribution in [2.24, 2.45) is 7.05 Å². The van der Waals surface area contributed by atoms with Gasteiger partial charge < -0.3 is 9.88 Å². The molecule has 18 heavy (non-hydrogen) atoms.